The molecule has 1 rings (SSSR count). The minimum atomic E-state index is -0.0937. The number of allylic oxidation sites excluding steroid dienone is 2. The molecule has 9 heavy (non-hydrogen) atoms. The van der Waals surface area contributed by atoms with Gasteiger partial charge in [0.05, 0.1) is 6.54 Å². The molecule has 0 aromatic heterocycles. The van der Waals surface area contributed by atoms with Crippen LogP contribution >= 0.6 is 0 Å². The van der Waals surface area contributed by atoms with Gasteiger partial charge in [-0.05, 0) is 12.5 Å². The predicted octanol–water partition coefficient (Wildman–Crippen LogP) is 1.04. The third-order valence-corrected chi connectivity index (χ3v) is 1.15. The summed E-state index contributed by atoms with van der Waals surface area (Å²) in [4.78, 5) is 0. The summed E-state index contributed by atoms with van der Waals surface area (Å²) in [6, 6.07) is 0. The van der Waals surface area contributed by atoms with Crippen LogP contribution in [0.1, 0.15) is 6.42 Å². The third-order valence-electron chi connectivity index (χ3n) is 1.15. The highest BCUT2D eigenvalue weighted by atomic mass is 16.5. The largest absolute Gasteiger partial charge is 0.493 e. The number of hydroxylamine groups is 2. The fourth-order valence-corrected chi connectivity index (χ4v) is 0.648. The molecule has 3 heteroatoms. The summed E-state index contributed by atoms with van der Waals surface area (Å²) < 4.78 is 0. The minimum absolute atomic E-state index is 0.0937. The van der Waals surface area contributed by atoms with E-state index in [1.54, 1.807) is 6.08 Å². The van der Waals surface area contributed by atoms with Crippen LogP contribution in [-0.4, -0.2) is 21.9 Å². The Kier molecular flexibility index (Phi) is 1.75. The molecule has 50 valence electrons. The van der Waals surface area contributed by atoms with Gasteiger partial charge in [-0.2, -0.15) is 0 Å². The summed E-state index contributed by atoms with van der Waals surface area (Å²) in [5, 5.41) is 18.5. The van der Waals surface area contributed by atoms with Crippen molar-refractivity contribution in [2.75, 3.05) is 6.54 Å². The maximum atomic E-state index is 8.84. The highest BCUT2D eigenvalue weighted by molar-refractivity contribution is 5.07. The molecule has 0 aromatic carbocycles. The molecule has 1 aliphatic rings. The molecule has 0 fully saturated rings. The van der Waals surface area contributed by atoms with Gasteiger partial charge in [-0.3, -0.25) is 5.21 Å². The molecule has 0 aliphatic carbocycles. The minimum Gasteiger partial charge on any atom is -0.493 e. The predicted molar refractivity (Wildman–Crippen MR) is 33.0 cm³/mol. The fourth-order valence-electron chi connectivity index (χ4n) is 0.648. The summed E-state index contributed by atoms with van der Waals surface area (Å²) >= 11 is 0. The van der Waals surface area contributed by atoms with Crippen molar-refractivity contribution in [1.82, 2.24) is 5.06 Å². The number of nitrogens with zero attached hydrogens (tertiary/aromatic N) is 1. The van der Waals surface area contributed by atoms with E-state index in [1.165, 1.54) is 6.08 Å². The Labute approximate surface area is 53.5 Å². The molecule has 0 saturated carbocycles. The Hall–Kier alpha value is -0.960. The summed E-state index contributed by atoms with van der Waals surface area (Å²) in [6.07, 6.45) is 5.81. The van der Waals surface area contributed by atoms with Gasteiger partial charge in [0.2, 0.25) is 5.88 Å². The van der Waals surface area contributed by atoms with Crippen LogP contribution in [0.25, 0.3) is 0 Å². The SMILES string of the molecule is OC1=CC=CCCN1O. The second-order valence-corrected chi connectivity index (χ2v) is 1.86. The van der Waals surface area contributed by atoms with E-state index in [4.69, 9.17) is 10.3 Å². The molecule has 0 radical (unpaired) electrons. The zero-order valence-corrected chi connectivity index (χ0v) is 4.99. The first-order valence-corrected chi connectivity index (χ1v) is 2.83. The van der Waals surface area contributed by atoms with E-state index in [2.05, 4.69) is 0 Å². The quantitative estimate of drug-likeness (QED) is 0.511. The summed E-state index contributed by atoms with van der Waals surface area (Å²) in [5.41, 5.74) is 0. The van der Waals surface area contributed by atoms with E-state index in [1.807, 2.05) is 6.08 Å². The highest BCUT2D eigenvalue weighted by Gasteiger charge is 2.02. The number of hydrogen-bond donors (Lipinski definition) is 2. The highest BCUT2D eigenvalue weighted by Crippen LogP contribution is 2.02. The number of rotatable bonds is 0. The number of hydrogen-bond acceptors (Lipinski definition) is 3. The summed E-state index contributed by atoms with van der Waals surface area (Å²) in [5.74, 6) is -0.0937. The molecule has 2 N–H and O–H groups in total. The van der Waals surface area contributed by atoms with E-state index >= 15 is 0 Å². The Balaban J connectivity index is 2.63. The van der Waals surface area contributed by atoms with Gasteiger partial charge in [-0.15, -0.1) is 0 Å². The lowest BCUT2D eigenvalue weighted by Crippen LogP contribution is -2.17. The molecule has 0 bridgehead atoms. The first-order valence-electron chi connectivity index (χ1n) is 2.83. The standard InChI is InChI=1S/C6H9NO2/c8-6-4-2-1-3-5-7(6)9/h1-2,4,8-9H,3,5H2. The molecular formula is C6H9NO2. The Morgan fingerprint density at radius 3 is 3.11 bits per heavy atom. The number of aliphatic hydroxyl groups is 1. The van der Waals surface area contributed by atoms with E-state index in [0.29, 0.717) is 6.54 Å². The van der Waals surface area contributed by atoms with Gasteiger partial charge in [-0.25, -0.2) is 5.06 Å². The van der Waals surface area contributed by atoms with Crippen LogP contribution in [0.2, 0.25) is 0 Å². The molecular weight excluding hydrogens is 118 g/mol. The van der Waals surface area contributed by atoms with Gasteiger partial charge in [0.15, 0.2) is 0 Å². The average Bonchev–Trinajstić information content (AvgIpc) is 1.99. The number of aliphatic hydroxyl groups excluding tert-OH is 1. The van der Waals surface area contributed by atoms with Gasteiger partial charge >= 0.3 is 0 Å². The molecule has 1 aliphatic heterocycles. The fraction of sp³-hybridized carbons (Fsp3) is 0.333. The van der Waals surface area contributed by atoms with Crippen molar-refractivity contribution in [3.8, 4) is 0 Å². The monoisotopic (exact) mass is 127 g/mol. The second-order valence-electron chi connectivity index (χ2n) is 1.86. The van der Waals surface area contributed by atoms with E-state index in [-0.39, 0.29) is 5.88 Å². The topological polar surface area (TPSA) is 43.7 Å². The lowest BCUT2D eigenvalue weighted by atomic mass is 10.4. The van der Waals surface area contributed by atoms with Crippen molar-refractivity contribution >= 4 is 0 Å². The normalized spacial score (nSPS) is 19.2. The Bertz CT molecular complexity index is 151. The lowest BCUT2D eigenvalue weighted by molar-refractivity contribution is -0.0904. The molecule has 3 nitrogen and oxygen atoms in total. The van der Waals surface area contributed by atoms with Crippen molar-refractivity contribution in [2.24, 2.45) is 0 Å². The second kappa shape index (κ2) is 2.55. The van der Waals surface area contributed by atoms with Crippen LogP contribution < -0.4 is 0 Å². The van der Waals surface area contributed by atoms with Crippen LogP contribution in [0, 0.1) is 0 Å². The zero-order chi connectivity index (χ0) is 6.69. The third kappa shape index (κ3) is 1.47. The van der Waals surface area contributed by atoms with Gasteiger partial charge in [-0.1, -0.05) is 12.2 Å². The van der Waals surface area contributed by atoms with Crippen molar-refractivity contribution in [3.63, 3.8) is 0 Å². The lowest BCUT2D eigenvalue weighted by Gasteiger charge is -2.11. The van der Waals surface area contributed by atoms with E-state index in [0.717, 1.165) is 11.5 Å². The van der Waals surface area contributed by atoms with Gasteiger partial charge in [0.25, 0.3) is 0 Å². The van der Waals surface area contributed by atoms with Crippen LogP contribution in [-0.2, 0) is 0 Å². The van der Waals surface area contributed by atoms with Crippen molar-refractivity contribution in [2.45, 2.75) is 6.42 Å². The van der Waals surface area contributed by atoms with E-state index < -0.39 is 0 Å². The first kappa shape index (κ1) is 6.16. The van der Waals surface area contributed by atoms with Crippen molar-refractivity contribution in [1.29, 1.82) is 0 Å². The maximum Gasteiger partial charge on any atom is 0.210 e. The first-order chi connectivity index (χ1) is 4.30. The van der Waals surface area contributed by atoms with E-state index in [9.17, 15) is 0 Å². The molecule has 0 aromatic rings. The Morgan fingerprint density at radius 2 is 2.33 bits per heavy atom. The van der Waals surface area contributed by atoms with Crippen LogP contribution in [0.5, 0.6) is 0 Å². The van der Waals surface area contributed by atoms with Crippen LogP contribution in [0.3, 0.4) is 0 Å². The molecule has 0 saturated heterocycles. The molecule has 0 unspecified atom stereocenters. The van der Waals surface area contributed by atoms with Gasteiger partial charge in [0.1, 0.15) is 0 Å². The summed E-state index contributed by atoms with van der Waals surface area (Å²) in [7, 11) is 0. The molecule has 0 atom stereocenters. The summed E-state index contributed by atoms with van der Waals surface area (Å²) in [6.45, 7) is 0.457. The zero-order valence-electron chi connectivity index (χ0n) is 4.99. The molecule has 0 amide bonds. The molecule has 1 heterocycles. The van der Waals surface area contributed by atoms with Crippen LogP contribution in [0.15, 0.2) is 24.1 Å². The van der Waals surface area contributed by atoms with Crippen molar-refractivity contribution in [3.05, 3.63) is 24.1 Å². The smallest absolute Gasteiger partial charge is 0.210 e. The molecule has 0 spiro atoms. The van der Waals surface area contributed by atoms with Gasteiger partial charge < -0.3 is 5.11 Å². The van der Waals surface area contributed by atoms with Gasteiger partial charge in [0, 0.05) is 0 Å². The maximum absolute atomic E-state index is 8.84. The average molecular weight is 127 g/mol. The van der Waals surface area contributed by atoms with Crippen LogP contribution in [0.4, 0.5) is 0 Å². The Morgan fingerprint density at radius 1 is 1.56 bits per heavy atom. The van der Waals surface area contributed by atoms with Crippen molar-refractivity contribution < 1.29 is 10.3 Å².